The van der Waals surface area contributed by atoms with Crippen LogP contribution in [0.2, 0.25) is 0 Å². The minimum Gasteiger partial charge on any atom is -0.462 e. The molecule has 7 N–H and O–H groups in total. The van der Waals surface area contributed by atoms with Gasteiger partial charge in [-0.25, -0.2) is 13.2 Å². The normalized spacial score (nSPS) is 12.3. The van der Waals surface area contributed by atoms with E-state index in [2.05, 4.69) is 20.5 Å². The molecule has 0 aliphatic carbocycles. The van der Waals surface area contributed by atoms with Gasteiger partial charge in [-0.05, 0) is 37.3 Å². The Morgan fingerprint density at radius 1 is 0.878 bits per heavy atom. The number of nitrogen functional groups attached to an aromatic ring is 2. The summed E-state index contributed by atoms with van der Waals surface area (Å²) in [5, 5.41) is 34.4. The lowest BCUT2D eigenvalue weighted by Crippen LogP contribution is -2.10. The van der Waals surface area contributed by atoms with Crippen LogP contribution in [0.25, 0.3) is 0 Å². The van der Waals surface area contributed by atoms with Crippen molar-refractivity contribution in [1.82, 2.24) is 0 Å². The summed E-state index contributed by atoms with van der Waals surface area (Å²) in [7, 11) is -8.83. The highest BCUT2D eigenvalue weighted by molar-refractivity contribution is 7.91. The highest BCUT2D eigenvalue weighted by Gasteiger charge is 2.23. The van der Waals surface area contributed by atoms with Crippen molar-refractivity contribution in [3.05, 3.63) is 59.7 Å². The summed E-state index contributed by atoms with van der Waals surface area (Å²) >= 11 is 0. The second-order valence-electron chi connectivity index (χ2n) is 8.17. The van der Waals surface area contributed by atoms with Crippen molar-refractivity contribution in [3.63, 3.8) is 0 Å². The van der Waals surface area contributed by atoms with Crippen LogP contribution in [0.1, 0.15) is 22.8 Å². The van der Waals surface area contributed by atoms with Crippen LogP contribution >= 0.6 is 0 Å². The summed E-state index contributed by atoms with van der Waals surface area (Å²) in [6, 6.07) is 10.5. The van der Waals surface area contributed by atoms with Crippen LogP contribution in [-0.2, 0) is 31.3 Å². The van der Waals surface area contributed by atoms with E-state index in [1.165, 1.54) is 24.3 Å². The number of rotatable bonds is 11. The molecule has 218 valence electrons. The van der Waals surface area contributed by atoms with Crippen LogP contribution in [0.5, 0.6) is 0 Å². The van der Waals surface area contributed by atoms with E-state index < -0.39 is 61.2 Å². The average molecular weight is 607 g/mol. The molecule has 0 saturated carbocycles. The molecule has 0 bridgehead atoms. The average Bonchev–Trinajstić information content (AvgIpc) is 2.92. The Hall–Kier alpha value is -4.29. The number of nitrogens with two attached hydrogens (primary N) is 2. The molecule has 17 heteroatoms. The van der Waals surface area contributed by atoms with Crippen LogP contribution < -0.4 is 11.5 Å². The third-order valence-electron chi connectivity index (χ3n) is 5.47. The fraction of sp³-hybridized carbons (Fsp3) is 0.208. The zero-order chi connectivity index (χ0) is 30.4. The number of hydrogen-bond donors (Lipinski definition) is 5. The van der Waals surface area contributed by atoms with Crippen molar-refractivity contribution in [1.29, 1.82) is 0 Å². The zero-order valence-electron chi connectivity index (χ0n) is 21.5. The Morgan fingerprint density at radius 2 is 1.54 bits per heavy atom. The number of anilines is 2. The number of sulfone groups is 1. The van der Waals surface area contributed by atoms with Gasteiger partial charge in [-0.15, -0.1) is 20.5 Å². The van der Waals surface area contributed by atoms with Crippen LogP contribution in [0.3, 0.4) is 0 Å². The number of benzene rings is 3. The van der Waals surface area contributed by atoms with Gasteiger partial charge in [-0.3, -0.25) is 4.55 Å². The molecule has 15 nitrogen and oxygen atoms in total. The predicted molar refractivity (Wildman–Crippen MR) is 147 cm³/mol. The summed E-state index contributed by atoms with van der Waals surface area (Å²) in [6.45, 7) is 0.537. The number of azo groups is 2. The number of hydrogen-bond acceptors (Lipinski definition) is 14. The molecule has 3 aromatic carbocycles. The summed E-state index contributed by atoms with van der Waals surface area (Å²) < 4.78 is 63.6. The minimum absolute atomic E-state index is 0.0623. The first-order valence-corrected chi connectivity index (χ1v) is 14.8. The third kappa shape index (κ3) is 7.27. The molecule has 3 aromatic rings. The lowest BCUT2D eigenvalue weighted by molar-refractivity contribution is 0.0527. The number of aliphatic hydroxyl groups is 2. The first kappa shape index (κ1) is 31.2. The second kappa shape index (κ2) is 12.9. The fourth-order valence-corrected chi connectivity index (χ4v) is 5.10. The van der Waals surface area contributed by atoms with E-state index in [4.69, 9.17) is 21.3 Å². The van der Waals surface area contributed by atoms with Gasteiger partial charge in [0.15, 0.2) is 9.84 Å². The largest absolute Gasteiger partial charge is 0.462 e. The maximum absolute atomic E-state index is 12.4. The highest BCUT2D eigenvalue weighted by atomic mass is 32.2. The van der Waals surface area contributed by atoms with Gasteiger partial charge in [-0.2, -0.15) is 8.42 Å². The molecule has 41 heavy (non-hydrogen) atoms. The van der Waals surface area contributed by atoms with E-state index in [0.29, 0.717) is 0 Å². The fourth-order valence-electron chi connectivity index (χ4n) is 3.42. The van der Waals surface area contributed by atoms with Gasteiger partial charge in [0.25, 0.3) is 10.1 Å². The van der Waals surface area contributed by atoms with Gasteiger partial charge in [0.2, 0.25) is 0 Å². The Balaban J connectivity index is 2.17. The second-order valence-corrected chi connectivity index (χ2v) is 11.7. The van der Waals surface area contributed by atoms with E-state index in [1.807, 2.05) is 0 Å². The SMILES string of the molecule is CCOC(=O)c1ccccc1/N=N/c1cc(S(=O)(=O)O)c(N)c(/N=N/c2cc(S(=O)(=O)CCO)ccc2CO)c1N. The van der Waals surface area contributed by atoms with E-state index >= 15 is 0 Å². The molecule has 0 aliphatic heterocycles. The van der Waals surface area contributed by atoms with Gasteiger partial charge < -0.3 is 26.4 Å². The molecule has 0 radical (unpaired) electrons. The molecular weight excluding hydrogens is 580 g/mol. The number of aliphatic hydroxyl groups excluding tert-OH is 2. The van der Waals surface area contributed by atoms with E-state index in [0.717, 1.165) is 12.1 Å². The van der Waals surface area contributed by atoms with Crippen LogP contribution in [0.4, 0.5) is 34.1 Å². The van der Waals surface area contributed by atoms with Crippen molar-refractivity contribution < 1.29 is 41.1 Å². The number of ether oxygens (including phenoxy) is 1. The molecule has 0 atom stereocenters. The monoisotopic (exact) mass is 606 g/mol. The van der Waals surface area contributed by atoms with Crippen molar-refractivity contribution in [2.24, 2.45) is 20.5 Å². The van der Waals surface area contributed by atoms with Gasteiger partial charge >= 0.3 is 5.97 Å². The maximum atomic E-state index is 12.4. The first-order chi connectivity index (χ1) is 19.3. The van der Waals surface area contributed by atoms with Gasteiger partial charge in [0, 0.05) is 5.56 Å². The Morgan fingerprint density at radius 3 is 2.17 bits per heavy atom. The Bertz CT molecular complexity index is 1740. The molecule has 0 saturated heterocycles. The first-order valence-electron chi connectivity index (χ1n) is 11.7. The smallest absolute Gasteiger partial charge is 0.340 e. The molecule has 0 spiro atoms. The van der Waals surface area contributed by atoms with Crippen LogP contribution in [-0.4, -0.2) is 56.5 Å². The quantitative estimate of drug-likeness (QED) is 0.0914. The van der Waals surface area contributed by atoms with Crippen molar-refractivity contribution in [3.8, 4) is 0 Å². The van der Waals surface area contributed by atoms with Gasteiger partial charge in [0.1, 0.15) is 22.0 Å². The maximum Gasteiger partial charge on any atom is 0.340 e. The topological polar surface area (TPSA) is 257 Å². The summed E-state index contributed by atoms with van der Waals surface area (Å²) in [6.07, 6.45) is 0. The number of nitrogens with zero attached hydrogens (tertiary/aromatic N) is 4. The van der Waals surface area contributed by atoms with E-state index in [-0.39, 0.29) is 45.4 Å². The molecule has 0 unspecified atom stereocenters. The lowest BCUT2D eigenvalue weighted by atomic mass is 10.2. The van der Waals surface area contributed by atoms with Crippen molar-refractivity contribution in [2.45, 2.75) is 23.3 Å². The van der Waals surface area contributed by atoms with Gasteiger partial charge in [-0.1, -0.05) is 18.2 Å². The molecule has 0 fully saturated rings. The zero-order valence-corrected chi connectivity index (χ0v) is 23.1. The highest BCUT2D eigenvalue weighted by Crippen LogP contribution is 2.43. The number of esters is 1. The Kier molecular flexibility index (Phi) is 9.84. The third-order valence-corrected chi connectivity index (χ3v) is 8.05. The van der Waals surface area contributed by atoms with Crippen LogP contribution in [0.15, 0.2) is 78.8 Å². The van der Waals surface area contributed by atoms with Gasteiger partial charge in [0.05, 0.1) is 53.1 Å². The molecule has 0 aliphatic rings. The molecule has 0 heterocycles. The molecular formula is C24H26N6O9S2. The minimum atomic E-state index is -4.94. The summed E-state index contributed by atoms with van der Waals surface area (Å²) in [5.41, 5.74) is 10.5. The number of carbonyl (C=O) groups is 1. The van der Waals surface area contributed by atoms with Crippen molar-refractivity contribution in [2.75, 3.05) is 30.4 Å². The molecule has 0 aromatic heterocycles. The van der Waals surface area contributed by atoms with Crippen molar-refractivity contribution >= 4 is 60.0 Å². The molecule has 0 amide bonds. The van der Waals surface area contributed by atoms with Crippen LogP contribution in [0, 0.1) is 0 Å². The molecule has 3 rings (SSSR count). The predicted octanol–water partition coefficient (Wildman–Crippen LogP) is 3.36. The lowest BCUT2D eigenvalue weighted by Gasteiger charge is -2.11. The summed E-state index contributed by atoms with van der Waals surface area (Å²) in [5.74, 6) is -1.24. The summed E-state index contributed by atoms with van der Waals surface area (Å²) in [4.78, 5) is 11.2. The van der Waals surface area contributed by atoms with E-state index in [9.17, 15) is 31.3 Å². The van der Waals surface area contributed by atoms with E-state index in [1.54, 1.807) is 19.1 Å². The standard InChI is InChI=1S/C24H26N6O9S2/c1-2-39-24(33)16-5-3-4-6-17(16)27-29-19-12-20(41(36,37)38)22(26)23(21(19)25)30-28-18-11-15(8-7-14(18)13-32)40(34,35)10-9-31/h3-8,11-12,31-32H,2,9-10,13,25-26H2,1H3,(H,36,37,38)/b29-27+,30-28+. The Labute approximate surface area is 234 Å². The number of carbonyl (C=O) groups excluding carboxylic acids is 1.